The fraction of sp³-hybridized carbons (Fsp3) is 0.833. The normalized spacial score (nSPS) is 30.6. The highest BCUT2D eigenvalue weighted by molar-refractivity contribution is 5.79. The fourth-order valence-electron chi connectivity index (χ4n) is 2.10. The summed E-state index contributed by atoms with van der Waals surface area (Å²) in [6.45, 7) is 5.68. The molecule has 2 N–H and O–H groups in total. The van der Waals surface area contributed by atoms with Gasteiger partial charge in [0.2, 0.25) is 5.91 Å². The summed E-state index contributed by atoms with van der Waals surface area (Å²) in [4.78, 5) is 22.5. The zero-order chi connectivity index (χ0) is 13.0. The molecule has 0 spiro atoms. The van der Waals surface area contributed by atoms with Gasteiger partial charge in [0, 0.05) is 12.5 Å². The molecule has 1 heterocycles. The highest BCUT2D eigenvalue weighted by atomic mass is 16.5. The Morgan fingerprint density at radius 1 is 1.35 bits per heavy atom. The highest BCUT2D eigenvalue weighted by Crippen LogP contribution is 2.24. The van der Waals surface area contributed by atoms with Crippen LogP contribution in [0.15, 0.2) is 0 Å². The lowest BCUT2D eigenvalue weighted by Gasteiger charge is -2.31. The Kier molecular flexibility index (Phi) is 4.93. The second-order valence-corrected chi connectivity index (χ2v) is 4.91. The van der Waals surface area contributed by atoms with Crippen molar-refractivity contribution in [3.05, 3.63) is 0 Å². The standard InChI is InChI=1S/C12H21NO4/c1-7(12(15)16)6-13-11(14)10-4-8(2)17-9(3)5-10/h7-10H,4-6H2,1-3H3,(H,13,14)(H,15,16). The van der Waals surface area contributed by atoms with Crippen LogP contribution in [0.25, 0.3) is 0 Å². The van der Waals surface area contributed by atoms with Crippen molar-refractivity contribution in [3.63, 3.8) is 0 Å². The van der Waals surface area contributed by atoms with Crippen molar-refractivity contribution < 1.29 is 19.4 Å². The summed E-state index contributed by atoms with van der Waals surface area (Å²) < 4.78 is 5.56. The second-order valence-electron chi connectivity index (χ2n) is 4.91. The van der Waals surface area contributed by atoms with E-state index >= 15 is 0 Å². The zero-order valence-corrected chi connectivity index (χ0v) is 10.6. The van der Waals surface area contributed by atoms with Gasteiger partial charge >= 0.3 is 5.97 Å². The SMILES string of the molecule is CC1CC(C(=O)NCC(C)C(=O)O)CC(C)O1. The van der Waals surface area contributed by atoms with Gasteiger partial charge < -0.3 is 15.2 Å². The first-order valence-corrected chi connectivity index (χ1v) is 6.06. The molecule has 3 unspecified atom stereocenters. The number of carboxylic acids is 1. The van der Waals surface area contributed by atoms with Gasteiger partial charge in [0.15, 0.2) is 0 Å². The summed E-state index contributed by atoms with van der Waals surface area (Å²) in [6.07, 6.45) is 1.59. The van der Waals surface area contributed by atoms with Gasteiger partial charge in [-0.25, -0.2) is 0 Å². The first-order valence-electron chi connectivity index (χ1n) is 6.06. The molecule has 98 valence electrons. The third kappa shape index (κ3) is 4.34. The molecule has 0 radical (unpaired) electrons. The van der Waals surface area contributed by atoms with E-state index in [1.807, 2.05) is 13.8 Å². The lowest BCUT2D eigenvalue weighted by atomic mass is 9.91. The molecule has 17 heavy (non-hydrogen) atoms. The average Bonchev–Trinajstić information content (AvgIpc) is 2.23. The van der Waals surface area contributed by atoms with E-state index in [2.05, 4.69) is 5.32 Å². The smallest absolute Gasteiger partial charge is 0.308 e. The third-order valence-corrected chi connectivity index (χ3v) is 3.07. The number of hydrogen-bond donors (Lipinski definition) is 2. The summed E-state index contributed by atoms with van der Waals surface area (Å²) in [5, 5.41) is 11.4. The number of carbonyl (C=O) groups is 2. The van der Waals surface area contributed by atoms with Crippen LogP contribution >= 0.6 is 0 Å². The predicted molar refractivity (Wildman–Crippen MR) is 62.5 cm³/mol. The van der Waals surface area contributed by atoms with E-state index in [0.717, 1.165) is 0 Å². The van der Waals surface area contributed by atoms with Crippen molar-refractivity contribution >= 4 is 11.9 Å². The van der Waals surface area contributed by atoms with E-state index in [0.29, 0.717) is 12.8 Å². The minimum Gasteiger partial charge on any atom is -0.481 e. The Morgan fingerprint density at radius 3 is 2.35 bits per heavy atom. The van der Waals surface area contributed by atoms with Crippen LogP contribution in [0.1, 0.15) is 33.6 Å². The molecule has 1 rings (SSSR count). The van der Waals surface area contributed by atoms with E-state index in [1.54, 1.807) is 6.92 Å². The topological polar surface area (TPSA) is 75.6 Å². The van der Waals surface area contributed by atoms with Gasteiger partial charge in [-0.2, -0.15) is 0 Å². The molecule has 1 amide bonds. The number of carbonyl (C=O) groups excluding carboxylic acids is 1. The first kappa shape index (κ1) is 14.0. The highest BCUT2D eigenvalue weighted by Gasteiger charge is 2.29. The number of rotatable bonds is 4. The van der Waals surface area contributed by atoms with Gasteiger partial charge in [0.1, 0.15) is 0 Å². The summed E-state index contributed by atoms with van der Waals surface area (Å²) in [5.74, 6) is -1.55. The van der Waals surface area contributed by atoms with Crippen LogP contribution in [0.2, 0.25) is 0 Å². The van der Waals surface area contributed by atoms with Crippen LogP contribution in [0, 0.1) is 11.8 Å². The van der Waals surface area contributed by atoms with Crippen molar-refractivity contribution in [2.24, 2.45) is 11.8 Å². The number of amides is 1. The Hall–Kier alpha value is -1.10. The van der Waals surface area contributed by atoms with E-state index in [9.17, 15) is 9.59 Å². The van der Waals surface area contributed by atoms with Crippen molar-refractivity contribution in [3.8, 4) is 0 Å². The van der Waals surface area contributed by atoms with Crippen LogP contribution in [-0.4, -0.2) is 35.7 Å². The summed E-state index contributed by atoms with van der Waals surface area (Å²) >= 11 is 0. The van der Waals surface area contributed by atoms with Gasteiger partial charge in [-0.05, 0) is 26.7 Å². The van der Waals surface area contributed by atoms with Crippen LogP contribution < -0.4 is 5.32 Å². The van der Waals surface area contributed by atoms with Gasteiger partial charge in [-0.15, -0.1) is 0 Å². The van der Waals surface area contributed by atoms with Crippen LogP contribution in [-0.2, 0) is 14.3 Å². The van der Waals surface area contributed by atoms with Crippen LogP contribution in [0.4, 0.5) is 0 Å². The molecular formula is C12H21NO4. The molecule has 1 fully saturated rings. The monoisotopic (exact) mass is 243 g/mol. The van der Waals surface area contributed by atoms with E-state index in [1.165, 1.54) is 0 Å². The Labute approximate surface area is 102 Å². The number of nitrogens with one attached hydrogen (secondary N) is 1. The summed E-state index contributed by atoms with van der Waals surface area (Å²) in [5.41, 5.74) is 0. The molecule has 0 aliphatic carbocycles. The van der Waals surface area contributed by atoms with Crippen molar-refractivity contribution in [1.29, 1.82) is 0 Å². The van der Waals surface area contributed by atoms with Crippen molar-refractivity contribution in [2.75, 3.05) is 6.54 Å². The van der Waals surface area contributed by atoms with E-state index < -0.39 is 11.9 Å². The average molecular weight is 243 g/mol. The van der Waals surface area contributed by atoms with E-state index in [-0.39, 0.29) is 30.6 Å². The van der Waals surface area contributed by atoms with Crippen molar-refractivity contribution in [2.45, 2.75) is 45.8 Å². The second kappa shape index (κ2) is 6.00. The van der Waals surface area contributed by atoms with Crippen LogP contribution in [0.3, 0.4) is 0 Å². The molecule has 1 saturated heterocycles. The first-order chi connectivity index (χ1) is 7.90. The molecule has 0 saturated carbocycles. The minimum absolute atomic E-state index is 0.0555. The number of ether oxygens (including phenoxy) is 1. The quantitative estimate of drug-likeness (QED) is 0.773. The fourth-order valence-corrected chi connectivity index (χ4v) is 2.10. The molecule has 1 aliphatic heterocycles. The third-order valence-electron chi connectivity index (χ3n) is 3.07. The number of carboxylic acid groups (broad SMARTS) is 1. The molecule has 0 aromatic rings. The molecule has 5 nitrogen and oxygen atoms in total. The van der Waals surface area contributed by atoms with Gasteiger partial charge in [0.25, 0.3) is 0 Å². The zero-order valence-electron chi connectivity index (χ0n) is 10.6. The molecule has 3 atom stereocenters. The molecule has 0 aromatic heterocycles. The van der Waals surface area contributed by atoms with Gasteiger partial charge in [-0.1, -0.05) is 6.92 Å². The van der Waals surface area contributed by atoms with Gasteiger partial charge in [0.05, 0.1) is 18.1 Å². The number of hydrogen-bond acceptors (Lipinski definition) is 3. The maximum absolute atomic E-state index is 11.9. The van der Waals surface area contributed by atoms with E-state index in [4.69, 9.17) is 9.84 Å². The predicted octanol–water partition coefficient (Wildman–Crippen LogP) is 1.03. The van der Waals surface area contributed by atoms with Crippen LogP contribution in [0.5, 0.6) is 0 Å². The molecular weight excluding hydrogens is 222 g/mol. The van der Waals surface area contributed by atoms with Gasteiger partial charge in [-0.3, -0.25) is 9.59 Å². The molecule has 1 aliphatic rings. The Balaban J connectivity index is 2.39. The lowest BCUT2D eigenvalue weighted by molar-refractivity contribution is -0.141. The maximum Gasteiger partial charge on any atom is 0.308 e. The Morgan fingerprint density at radius 2 is 1.88 bits per heavy atom. The lowest BCUT2D eigenvalue weighted by Crippen LogP contribution is -2.41. The largest absolute Gasteiger partial charge is 0.481 e. The number of aliphatic carboxylic acids is 1. The summed E-state index contributed by atoms with van der Waals surface area (Å²) in [7, 11) is 0. The van der Waals surface area contributed by atoms with Crippen molar-refractivity contribution in [1.82, 2.24) is 5.32 Å². The minimum atomic E-state index is -0.890. The Bertz CT molecular complexity index is 282. The molecule has 0 aromatic carbocycles. The molecule has 0 bridgehead atoms. The molecule has 5 heteroatoms. The summed E-state index contributed by atoms with van der Waals surface area (Å²) in [6, 6.07) is 0. The maximum atomic E-state index is 11.9.